The summed E-state index contributed by atoms with van der Waals surface area (Å²) < 4.78 is 0. The van der Waals surface area contributed by atoms with Crippen molar-refractivity contribution < 1.29 is 0 Å². The fourth-order valence-electron chi connectivity index (χ4n) is 2.85. The van der Waals surface area contributed by atoms with Crippen molar-refractivity contribution in [1.82, 2.24) is 0 Å². The highest BCUT2D eigenvalue weighted by atomic mass is 14.1. The van der Waals surface area contributed by atoms with Crippen molar-refractivity contribution in [2.45, 2.75) is 0 Å². The van der Waals surface area contributed by atoms with Crippen molar-refractivity contribution in [3.63, 3.8) is 0 Å². The number of hydrogen-bond donors (Lipinski definition) is 0. The van der Waals surface area contributed by atoms with Crippen LogP contribution >= 0.6 is 0 Å². The Hall–Kier alpha value is -2.60. The number of fused-ring (bicyclic) bond motifs is 2. The van der Waals surface area contributed by atoms with E-state index in [1.54, 1.807) is 0 Å². The lowest BCUT2D eigenvalue weighted by molar-refractivity contribution is 1.68. The molecule has 4 aromatic rings. The highest BCUT2D eigenvalue weighted by molar-refractivity contribution is 6.05. The Morgan fingerprint density at radius 2 is 1.25 bits per heavy atom. The molecule has 0 saturated heterocycles. The monoisotopic (exact) mass is 253 g/mol. The van der Waals surface area contributed by atoms with E-state index in [1.165, 1.54) is 27.3 Å². The van der Waals surface area contributed by atoms with E-state index in [9.17, 15) is 0 Å². The minimum Gasteiger partial charge on any atom is -0.0616 e. The van der Waals surface area contributed by atoms with Gasteiger partial charge in [-0.3, -0.25) is 0 Å². The lowest BCUT2D eigenvalue weighted by Crippen LogP contribution is -1.83. The molecule has 0 amide bonds. The van der Waals surface area contributed by atoms with Gasteiger partial charge in [0.2, 0.25) is 0 Å². The molecule has 0 fully saturated rings. The van der Waals surface area contributed by atoms with Gasteiger partial charge in [-0.25, -0.2) is 0 Å². The topological polar surface area (TPSA) is 0 Å². The first-order chi connectivity index (χ1) is 9.93. The summed E-state index contributed by atoms with van der Waals surface area (Å²) in [5.41, 5.74) is 2.56. The lowest BCUT2D eigenvalue weighted by atomic mass is 9.94. The molecule has 0 aliphatic rings. The molecule has 93 valence electrons. The second-order valence-electron chi connectivity index (χ2n) is 4.96. The van der Waals surface area contributed by atoms with Crippen LogP contribution in [0.15, 0.2) is 78.9 Å². The van der Waals surface area contributed by atoms with Crippen molar-refractivity contribution in [2.75, 3.05) is 0 Å². The largest absolute Gasteiger partial charge is 0.0616 e. The van der Waals surface area contributed by atoms with E-state index >= 15 is 0 Å². The average molecular weight is 253 g/mol. The maximum Gasteiger partial charge on any atom is -0.00990 e. The first-order valence-corrected chi connectivity index (χ1v) is 6.81. The van der Waals surface area contributed by atoms with Crippen LogP contribution in [0.5, 0.6) is 0 Å². The minimum absolute atomic E-state index is 1.16. The fourth-order valence-corrected chi connectivity index (χ4v) is 2.85. The smallest absolute Gasteiger partial charge is 0.00990 e. The van der Waals surface area contributed by atoms with Gasteiger partial charge in [0.1, 0.15) is 0 Å². The van der Waals surface area contributed by atoms with Gasteiger partial charge in [-0.05, 0) is 38.7 Å². The zero-order chi connectivity index (χ0) is 13.4. The van der Waals surface area contributed by atoms with Gasteiger partial charge in [0.05, 0.1) is 0 Å². The highest BCUT2D eigenvalue weighted by Gasteiger charge is 2.06. The molecule has 0 heteroatoms. The third kappa shape index (κ3) is 1.70. The molecule has 0 spiro atoms. The normalized spacial score (nSPS) is 11.0. The molecule has 20 heavy (non-hydrogen) atoms. The van der Waals surface area contributed by atoms with Gasteiger partial charge < -0.3 is 0 Å². The molecule has 4 rings (SSSR count). The van der Waals surface area contributed by atoms with Crippen molar-refractivity contribution in [3.8, 4) is 11.1 Å². The molecule has 0 nitrogen and oxygen atoms in total. The van der Waals surface area contributed by atoms with Gasteiger partial charge in [0.25, 0.3) is 0 Å². The number of benzene rings is 4. The molecule has 0 heterocycles. The summed E-state index contributed by atoms with van der Waals surface area (Å²) in [4.78, 5) is 0. The zero-order valence-corrected chi connectivity index (χ0v) is 11.0. The maximum absolute atomic E-state index is 3.31. The molecule has 0 aromatic heterocycles. The van der Waals surface area contributed by atoms with Crippen LogP contribution in [-0.4, -0.2) is 0 Å². The van der Waals surface area contributed by atoms with E-state index in [2.05, 4.69) is 78.9 Å². The molecule has 0 N–H and O–H groups in total. The Morgan fingerprint density at radius 3 is 2.20 bits per heavy atom. The first kappa shape index (κ1) is 11.2. The van der Waals surface area contributed by atoms with Crippen molar-refractivity contribution >= 4 is 21.5 Å². The summed E-state index contributed by atoms with van der Waals surface area (Å²) in [6, 6.07) is 30.9. The summed E-state index contributed by atoms with van der Waals surface area (Å²) in [6.07, 6.45) is 0. The number of rotatable bonds is 1. The van der Waals surface area contributed by atoms with Crippen molar-refractivity contribution in [1.29, 1.82) is 0 Å². The third-order valence-corrected chi connectivity index (χ3v) is 3.78. The zero-order valence-electron chi connectivity index (χ0n) is 11.0. The summed E-state index contributed by atoms with van der Waals surface area (Å²) in [5, 5.41) is 5.00. The Kier molecular flexibility index (Phi) is 2.53. The standard InChI is InChI=1S/C20H13/c1-3-11-17-15(7-1)9-5-13-19(17)20-14-6-10-16-8-2-4-12-18(16)20/h1-7,9-14H. The molecule has 0 saturated carbocycles. The number of hydrogen-bond acceptors (Lipinski definition) is 0. The van der Waals surface area contributed by atoms with Crippen LogP contribution in [0.3, 0.4) is 0 Å². The summed E-state index contributed by atoms with van der Waals surface area (Å²) >= 11 is 0. The molecule has 0 bridgehead atoms. The van der Waals surface area contributed by atoms with Crippen LogP contribution in [0.1, 0.15) is 0 Å². The first-order valence-electron chi connectivity index (χ1n) is 6.81. The van der Waals surface area contributed by atoms with Gasteiger partial charge in [-0.2, -0.15) is 0 Å². The fraction of sp³-hybridized carbons (Fsp3) is 0. The van der Waals surface area contributed by atoms with Crippen LogP contribution in [0.2, 0.25) is 0 Å². The van der Waals surface area contributed by atoms with Crippen molar-refractivity contribution in [3.05, 3.63) is 84.9 Å². The molecular formula is C20H13. The van der Waals surface area contributed by atoms with Gasteiger partial charge in [-0.1, -0.05) is 78.9 Å². The molecular weight excluding hydrogens is 240 g/mol. The predicted octanol–water partition coefficient (Wildman–Crippen LogP) is 5.46. The van der Waals surface area contributed by atoms with Crippen LogP contribution in [0.4, 0.5) is 0 Å². The van der Waals surface area contributed by atoms with Crippen LogP contribution in [0, 0.1) is 6.07 Å². The lowest BCUT2D eigenvalue weighted by Gasteiger charge is -2.10. The Balaban J connectivity index is 2.12. The molecule has 1 radical (unpaired) electrons. The van der Waals surface area contributed by atoms with E-state index in [1.807, 2.05) is 6.07 Å². The van der Waals surface area contributed by atoms with Gasteiger partial charge in [0, 0.05) is 0 Å². The minimum atomic E-state index is 1.16. The maximum atomic E-state index is 3.31. The highest BCUT2D eigenvalue weighted by Crippen LogP contribution is 2.33. The predicted molar refractivity (Wildman–Crippen MR) is 85.7 cm³/mol. The second kappa shape index (κ2) is 4.50. The van der Waals surface area contributed by atoms with Crippen LogP contribution < -0.4 is 0 Å². The Bertz CT molecular complexity index is 816. The third-order valence-electron chi connectivity index (χ3n) is 3.78. The second-order valence-corrected chi connectivity index (χ2v) is 4.96. The summed E-state index contributed by atoms with van der Waals surface area (Å²) in [5.74, 6) is 0. The van der Waals surface area contributed by atoms with Crippen LogP contribution in [0.25, 0.3) is 32.7 Å². The molecule has 0 atom stereocenters. The SMILES string of the molecule is [c]1cccc2c(-c3cccc4ccccc34)cccc12. The molecule has 0 aliphatic carbocycles. The van der Waals surface area contributed by atoms with Gasteiger partial charge in [0.15, 0.2) is 0 Å². The Labute approximate surface area is 118 Å². The van der Waals surface area contributed by atoms with Gasteiger partial charge >= 0.3 is 0 Å². The average Bonchev–Trinajstić information content (AvgIpc) is 2.54. The van der Waals surface area contributed by atoms with E-state index < -0.39 is 0 Å². The van der Waals surface area contributed by atoms with E-state index in [0.29, 0.717) is 0 Å². The van der Waals surface area contributed by atoms with Gasteiger partial charge in [-0.15, -0.1) is 0 Å². The summed E-state index contributed by atoms with van der Waals surface area (Å²) in [6.45, 7) is 0. The van der Waals surface area contributed by atoms with E-state index in [-0.39, 0.29) is 0 Å². The van der Waals surface area contributed by atoms with Crippen LogP contribution in [-0.2, 0) is 0 Å². The van der Waals surface area contributed by atoms with Crippen molar-refractivity contribution in [2.24, 2.45) is 0 Å². The van der Waals surface area contributed by atoms with E-state index in [0.717, 1.165) is 5.39 Å². The molecule has 4 aromatic carbocycles. The Morgan fingerprint density at radius 1 is 0.550 bits per heavy atom. The molecule has 0 unspecified atom stereocenters. The van der Waals surface area contributed by atoms with E-state index in [4.69, 9.17) is 0 Å². The quantitative estimate of drug-likeness (QED) is 0.422. The molecule has 0 aliphatic heterocycles. The summed E-state index contributed by atoms with van der Waals surface area (Å²) in [7, 11) is 0.